The van der Waals surface area contributed by atoms with E-state index in [2.05, 4.69) is 11.9 Å². The Morgan fingerprint density at radius 1 is 1.29 bits per heavy atom. The minimum Gasteiger partial charge on any atom is -0.449 e. The van der Waals surface area contributed by atoms with E-state index in [1.807, 2.05) is 0 Å². The van der Waals surface area contributed by atoms with Gasteiger partial charge >= 0.3 is 17.8 Å². The van der Waals surface area contributed by atoms with E-state index in [0.717, 1.165) is 13.1 Å². The molecule has 1 N–H and O–H groups in total. The molecule has 1 atom stereocenters. The number of aromatic nitrogens is 2. The van der Waals surface area contributed by atoms with Crippen LogP contribution in [0.1, 0.15) is 23.0 Å². The zero-order valence-corrected chi connectivity index (χ0v) is 17.1. The fraction of sp³-hybridized carbons (Fsp3) is 0.263. The Labute approximate surface area is 178 Å². The molecule has 1 heterocycles. The van der Waals surface area contributed by atoms with Crippen LogP contribution in [0.15, 0.2) is 46.5 Å². The topological polar surface area (TPSA) is 99.4 Å². The number of esters is 1. The van der Waals surface area contributed by atoms with Crippen LogP contribution in [0.5, 0.6) is 0 Å². The average molecular weight is 460 g/mol. The van der Waals surface area contributed by atoms with Gasteiger partial charge in [-0.05, 0) is 25.1 Å². The highest BCUT2D eigenvalue weighted by Crippen LogP contribution is 2.27. The molecular formula is C19H17ClF3N3O5. The van der Waals surface area contributed by atoms with Gasteiger partial charge in [-0.3, -0.25) is 14.2 Å². The second-order valence-electron chi connectivity index (χ2n) is 6.29. The number of nitrogens with one attached hydrogen (secondary N) is 1. The first-order chi connectivity index (χ1) is 14.4. The van der Waals surface area contributed by atoms with Crippen LogP contribution < -0.4 is 16.6 Å². The summed E-state index contributed by atoms with van der Waals surface area (Å²) in [5.74, 6) is -1.64. The quantitative estimate of drug-likeness (QED) is 0.526. The molecule has 12 heteroatoms. The first-order valence-electron chi connectivity index (χ1n) is 8.68. The molecule has 31 heavy (non-hydrogen) atoms. The normalized spacial score (nSPS) is 12.2. The van der Waals surface area contributed by atoms with E-state index >= 15 is 0 Å². The van der Waals surface area contributed by atoms with Gasteiger partial charge in [0, 0.05) is 19.7 Å². The number of hydrogen-bond donors (Lipinski definition) is 1. The lowest BCUT2D eigenvalue weighted by Gasteiger charge is -2.15. The summed E-state index contributed by atoms with van der Waals surface area (Å²) in [5, 5.41) is 2.31. The maximum Gasteiger partial charge on any atom is 0.431 e. The number of alkyl halides is 3. The Morgan fingerprint density at radius 2 is 1.94 bits per heavy atom. The summed E-state index contributed by atoms with van der Waals surface area (Å²) in [6.45, 7) is 4.89. The molecule has 1 aromatic carbocycles. The van der Waals surface area contributed by atoms with E-state index < -0.39 is 41.1 Å². The van der Waals surface area contributed by atoms with Crippen LogP contribution in [0.4, 0.5) is 13.2 Å². The number of carbonyl (C=O) groups excluding carboxylic acids is 2. The maximum atomic E-state index is 13.0. The van der Waals surface area contributed by atoms with E-state index in [-0.39, 0.29) is 33.5 Å². The van der Waals surface area contributed by atoms with E-state index in [0.29, 0.717) is 4.57 Å². The SMILES string of the molecule is C=CCNC(=O)C(C)OC(=O)c1cc(-n2c(=O)cc(C(F)(F)F)n(C)c2=O)ccc1Cl. The molecule has 0 saturated carbocycles. The van der Waals surface area contributed by atoms with Crippen molar-refractivity contribution in [3.63, 3.8) is 0 Å². The highest BCUT2D eigenvalue weighted by Gasteiger charge is 2.35. The van der Waals surface area contributed by atoms with Crippen molar-refractivity contribution < 1.29 is 27.5 Å². The Balaban J connectivity index is 2.46. The summed E-state index contributed by atoms with van der Waals surface area (Å²) < 4.78 is 44.8. The fourth-order valence-electron chi connectivity index (χ4n) is 2.54. The minimum absolute atomic E-state index is 0.121. The van der Waals surface area contributed by atoms with E-state index in [9.17, 15) is 32.3 Å². The number of carbonyl (C=O) groups is 2. The van der Waals surface area contributed by atoms with Crippen LogP contribution in [0.2, 0.25) is 5.02 Å². The van der Waals surface area contributed by atoms with Crippen LogP contribution in [0.3, 0.4) is 0 Å². The molecule has 2 aromatic rings. The van der Waals surface area contributed by atoms with Gasteiger partial charge in [-0.1, -0.05) is 17.7 Å². The monoisotopic (exact) mass is 459 g/mol. The molecule has 0 aliphatic carbocycles. The summed E-state index contributed by atoms with van der Waals surface area (Å²) in [5.41, 5.74) is -4.46. The summed E-state index contributed by atoms with van der Waals surface area (Å²) in [7, 11) is 0.857. The number of halogens is 4. The van der Waals surface area contributed by atoms with Crippen LogP contribution >= 0.6 is 11.6 Å². The van der Waals surface area contributed by atoms with Crippen molar-refractivity contribution in [3.05, 3.63) is 74.0 Å². The van der Waals surface area contributed by atoms with Crippen molar-refractivity contribution in [2.24, 2.45) is 7.05 Å². The van der Waals surface area contributed by atoms with Gasteiger partial charge in [-0.25, -0.2) is 14.2 Å². The van der Waals surface area contributed by atoms with Crippen molar-refractivity contribution in [1.29, 1.82) is 0 Å². The largest absolute Gasteiger partial charge is 0.449 e. The van der Waals surface area contributed by atoms with Crippen LogP contribution in [-0.4, -0.2) is 33.7 Å². The van der Waals surface area contributed by atoms with Gasteiger partial charge in [-0.15, -0.1) is 6.58 Å². The van der Waals surface area contributed by atoms with E-state index in [1.165, 1.54) is 25.1 Å². The molecule has 166 valence electrons. The molecule has 0 saturated heterocycles. The summed E-state index contributed by atoms with van der Waals surface area (Å²) in [6.07, 6.45) is -4.69. The van der Waals surface area contributed by atoms with E-state index in [4.69, 9.17) is 16.3 Å². The Morgan fingerprint density at radius 3 is 2.52 bits per heavy atom. The lowest BCUT2D eigenvalue weighted by Crippen LogP contribution is -2.40. The fourth-order valence-corrected chi connectivity index (χ4v) is 2.73. The number of amides is 1. The number of nitrogens with zero attached hydrogens (tertiary/aromatic N) is 2. The van der Waals surface area contributed by atoms with Crippen molar-refractivity contribution >= 4 is 23.5 Å². The second kappa shape index (κ2) is 9.21. The number of benzene rings is 1. The third-order valence-corrected chi connectivity index (χ3v) is 4.44. The zero-order valence-electron chi connectivity index (χ0n) is 16.3. The lowest BCUT2D eigenvalue weighted by molar-refractivity contribution is -0.144. The molecule has 1 unspecified atom stereocenters. The van der Waals surface area contributed by atoms with Gasteiger partial charge in [0.1, 0.15) is 5.69 Å². The summed E-state index contributed by atoms with van der Waals surface area (Å²) in [4.78, 5) is 48.9. The lowest BCUT2D eigenvalue weighted by atomic mass is 10.2. The van der Waals surface area contributed by atoms with Crippen molar-refractivity contribution in [2.45, 2.75) is 19.2 Å². The molecule has 0 aliphatic rings. The zero-order chi connectivity index (χ0) is 23.5. The molecule has 0 spiro atoms. The summed E-state index contributed by atoms with van der Waals surface area (Å²) in [6, 6.07) is 3.62. The van der Waals surface area contributed by atoms with Gasteiger partial charge in [0.25, 0.3) is 11.5 Å². The van der Waals surface area contributed by atoms with Crippen LogP contribution in [0, 0.1) is 0 Å². The minimum atomic E-state index is -4.91. The van der Waals surface area contributed by atoms with Crippen LogP contribution in [-0.2, 0) is 22.8 Å². The molecule has 1 amide bonds. The van der Waals surface area contributed by atoms with Gasteiger partial charge in [0.2, 0.25) is 0 Å². The van der Waals surface area contributed by atoms with Gasteiger partial charge in [-0.2, -0.15) is 13.2 Å². The molecule has 2 rings (SSSR count). The Bertz CT molecular complexity index is 1150. The van der Waals surface area contributed by atoms with E-state index in [1.54, 1.807) is 0 Å². The number of ether oxygens (including phenoxy) is 1. The van der Waals surface area contributed by atoms with Crippen molar-refractivity contribution in [2.75, 3.05) is 6.54 Å². The molecule has 0 aliphatic heterocycles. The summed E-state index contributed by atoms with van der Waals surface area (Å²) >= 11 is 5.99. The van der Waals surface area contributed by atoms with Crippen molar-refractivity contribution in [1.82, 2.24) is 14.5 Å². The molecule has 0 fully saturated rings. The molecular weight excluding hydrogens is 443 g/mol. The number of hydrogen-bond acceptors (Lipinski definition) is 5. The highest BCUT2D eigenvalue weighted by atomic mass is 35.5. The molecule has 0 radical (unpaired) electrons. The predicted octanol–water partition coefficient (Wildman–Crippen LogP) is 2.06. The third kappa shape index (κ3) is 5.23. The molecule has 0 bridgehead atoms. The Hall–Kier alpha value is -3.34. The van der Waals surface area contributed by atoms with Gasteiger partial charge in [0.15, 0.2) is 6.10 Å². The second-order valence-corrected chi connectivity index (χ2v) is 6.70. The highest BCUT2D eigenvalue weighted by molar-refractivity contribution is 6.33. The van der Waals surface area contributed by atoms with Gasteiger partial charge < -0.3 is 10.1 Å². The third-order valence-electron chi connectivity index (χ3n) is 4.11. The smallest absolute Gasteiger partial charge is 0.431 e. The Kier molecular flexibility index (Phi) is 7.11. The first-order valence-corrected chi connectivity index (χ1v) is 9.06. The standard InChI is InChI=1S/C19H17ClF3N3O5/c1-4-7-24-16(28)10(2)31-17(29)12-8-11(5-6-13(12)20)26-15(27)9-14(19(21,22)23)25(3)18(26)30/h4-6,8-10H,1,7H2,2-3H3,(H,24,28). The van der Waals surface area contributed by atoms with Gasteiger partial charge in [0.05, 0.1) is 16.3 Å². The van der Waals surface area contributed by atoms with Crippen LogP contribution in [0.25, 0.3) is 5.69 Å². The molecule has 1 aromatic heterocycles. The molecule has 8 nitrogen and oxygen atoms in total. The maximum absolute atomic E-state index is 13.0. The average Bonchev–Trinajstić information content (AvgIpc) is 2.68. The number of rotatable bonds is 6. The predicted molar refractivity (Wildman–Crippen MR) is 105 cm³/mol. The first kappa shape index (κ1) is 23.9. The van der Waals surface area contributed by atoms with Crippen molar-refractivity contribution in [3.8, 4) is 5.69 Å².